The normalized spacial score (nSPS) is 9.73. The predicted octanol–water partition coefficient (Wildman–Crippen LogP) is 2.40. The van der Waals surface area contributed by atoms with Crippen LogP contribution in [0.15, 0.2) is 17.0 Å². The molecule has 1 aromatic carbocycles. The molecule has 0 radical (unpaired) electrons. The predicted molar refractivity (Wildman–Crippen MR) is 47.0 cm³/mol. The highest BCUT2D eigenvalue weighted by molar-refractivity contribution is 7.65. The van der Waals surface area contributed by atoms with Gasteiger partial charge in [-0.05, 0) is 20.8 Å². The molecule has 0 saturated carbocycles. The fraction of sp³-hybridized carbons (Fsp3) is 0.333. The second kappa shape index (κ2) is 3.09. The van der Waals surface area contributed by atoms with Crippen molar-refractivity contribution in [1.29, 1.82) is 0 Å². The van der Waals surface area contributed by atoms with E-state index in [9.17, 15) is 4.21 Å². The van der Waals surface area contributed by atoms with Crippen LogP contribution in [-0.4, -0.2) is 0 Å². The van der Waals surface area contributed by atoms with Crippen LogP contribution in [-0.2, 0) is 15.9 Å². The molecular formula is C9H11OS+. The maximum absolute atomic E-state index is 10.6. The van der Waals surface area contributed by atoms with Crippen LogP contribution in [0, 0.1) is 20.8 Å². The fourth-order valence-electron chi connectivity index (χ4n) is 1.30. The zero-order valence-electron chi connectivity index (χ0n) is 6.97. The summed E-state index contributed by atoms with van der Waals surface area (Å²) in [6.07, 6.45) is 0. The Kier molecular flexibility index (Phi) is 2.35. The maximum Gasteiger partial charge on any atom is 0.505 e. The van der Waals surface area contributed by atoms with E-state index in [4.69, 9.17) is 0 Å². The Morgan fingerprint density at radius 3 is 1.91 bits per heavy atom. The zero-order chi connectivity index (χ0) is 8.43. The first-order chi connectivity index (χ1) is 5.15. The summed E-state index contributed by atoms with van der Waals surface area (Å²) >= 11 is 0.581. The smallest absolute Gasteiger partial charge is 0.0506 e. The molecular weight excluding hydrogens is 156 g/mol. The highest BCUT2D eigenvalue weighted by atomic mass is 32.1. The van der Waals surface area contributed by atoms with E-state index < -0.39 is 0 Å². The molecule has 11 heavy (non-hydrogen) atoms. The standard InChI is InChI=1S/C9H11OS/c1-6-4-7(2)9(11-10)8(3)5-6/h4-5H,1-3H3/q+1. The number of rotatable bonds is 1. The van der Waals surface area contributed by atoms with Crippen LogP contribution >= 0.6 is 0 Å². The summed E-state index contributed by atoms with van der Waals surface area (Å²) in [6.45, 7) is 5.99. The third-order valence-corrected chi connectivity index (χ3v) is 2.50. The number of hydrogen-bond acceptors (Lipinski definition) is 1. The molecule has 0 fully saturated rings. The summed E-state index contributed by atoms with van der Waals surface area (Å²) in [7, 11) is 0. The Morgan fingerprint density at radius 2 is 1.55 bits per heavy atom. The van der Waals surface area contributed by atoms with E-state index in [1.54, 1.807) is 0 Å². The van der Waals surface area contributed by atoms with E-state index in [1.807, 2.05) is 32.9 Å². The van der Waals surface area contributed by atoms with Crippen LogP contribution in [0.3, 0.4) is 0 Å². The van der Waals surface area contributed by atoms with Crippen molar-refractivity contribution in [2.24, 2.45) is 0 Å². The van der Waals surface area contributed by atoms with Crippen molar-refractivity contribution in [2.75, 3.05) is 0 Å². The Labute approximate surface area is 70.9 Å². The van der Waals surface area contributed by atoms with E-state index in [0.29, 0.717) is 11.7 Å². The third-order valence-electron chi connectivity index (χ3n) is 1.69. The molecule has 2 heteroatoms. The fourth-order valence-corrected chi connectivity index (χ4v) is 1.68. The lowest BCUT2D eigenvalue weighted by atomic mass is 10.1. The van der Waals surface area contributed by atoms with E-state index in [1.165, 1.54) is 5.56 Å². The van der Waals surface area contributed by atoms with Crippen LogP contribution in [0.5, 0.6) is 0 Å². The molecule has 0 unspecified atom stereocenters. The van der Waals surface area contributed by atoms with Crippen LogP contribution < -0.4 is 0 Å². The highest BCUT2D eigenvalue weighted by Gasteiger charge is 2.14. The lowest BCUT2D eigenvalue weighted by molar-refractivity contribution is 0.604. The molecule has 0 aliphatic heterocycles. The van der Waals surface area contributed by atoms with Gasteiger partial charge in [0.15, 0.2) is 0 Å². The summed E-state index contributed by atoms with van der Waals surface area (Å²) in [5.74, 6) is 0. The van der Waals surface area contributed by atoms with E-state index in [0.717, 1.165) is 16.0 Å². The molecule has 0 aromatic heterocycles. The zero-order valence-corrected chi connectivity index (χ0v) is 7.79. The second-order valence-corrected chi connectivity index (χ2v) is 3.39. The highest BCUT2D eigenvalue weighted by Crippen LogP contribution is 2.15. The summed E-state index contributed by atoms with van der Waals surface area (Å²) in [6, 6.07) is 4.07. The molecule has 0 atom stereocenters. The second-order valence-electron chi connectivity index (χ2n) is 2.81. The summed E-state index contributed by atoms with van der Waals surface area (Å²) in [4.78, 5) is 0.871. The minimum Gasteiger partial charge on any atom is -0.0506 e. The van der Waals surface area contributed by atoms with Crippen molar-refractivity contribution in [3.8, 4) is 0 Å². The topological polar surface area (TPSA) is 17.1 Å². The minimum absolute atomic E-state index is 0.581. The Morgan fingerprint density at radius 1 is 1.09 bits per heavy atom. The lowest BCUT2D eigenvalue weighted by Gasteiger charge is -1.95. The van der Waals surface area contributed by atoms with Crippen molar-refractivity contribution in [3.63, 3.8) is 0 Å². The first kappa shape index (κ1) is 8.34. The van der Waals surface area contributed by atoms with Crippen LogP contribution in [0.2, 0.25) is 0 Å². The number of hydrogen-bond donors (Lipinski definition) is 0. The van der Waals surface area contributed by atoms with Gasteiger partial charge in [-0.25, -0.2) is 0 Å². The van der Waals surface area contributed by atoms with E-state index in [2.05, 4.69) is 0 Å². The summed E-state index contributed by atoms with van der Waals surface area (Å²) in [5, 5.41) is 0. The van der Waals surface area contributed by atoms with E-state index in [-0.39, 0.29) is 0 Å². The van der Waals surface area contributed by atoms with Crippen molar-refractivity contribution < 1.29 is 4.21 Å². The molecule has 0 spiro atoms. The van der Waals surface area contributed by atoms with Gasteiger partial charge in [-0.1, -0.05) is 17.7 Å². The van der Waals surface area contributed by atoms with Gasteiger partial charge in [0.25, 0.3) is 4.90 Å². The maximum atomic E-state index is 10.6. The van der Waals surface area contributed by atoms with Gasteiger partial charge in [-0.3, -0.25) is 0 Å². The van der Waals surface area contributed by atoms with Gasteiger partial charge < -0.3 is 0 Å². The molecule has 0 bridgehead atoms. The van der Waals surface area contributed by atoms with Gasteiger partial charge in [0.05, 0.1) is 0 Å². The molecule has 0 heterocycles. The first-order valence-electron chi connectivity index (χ1n) is 3.53. The van der Waals surface area contributed by atoms with Crippen molar-refractivity contribution in [3.05, 3.63) is 28.8 Å². The van der Waals surface area contributed by atoms with Crippen LogP contribution in [0.4, 0.5) is 0 Å². The van der Waals surface area contributed by atoms with Crippen molar-refractivity contribution >= 4 is 11.7 Å². The van der Waals surface area contributed by atoms with Gasteiger partial charge in [0.2, 0.25) is 0 Å². The minimum atomic E-state index is 0.581. The summed E-state index contributed by atoms with van der Waals surface area (Å²) in [5.41, 5.74) is 3.39. The molecule has 58 valence electrons. The molecule has 0 aliphatic carbocycles. The largest absolute Gasteiger partial charge is 0.505 e. The molecule has 1 nitrogen and oxygen atoms in total. The van der Waals surface area contributed by atoms with Gasteiger partial charge in [-0.15, -0.1) is 0 Å². The Balaban J connectivity index is 3.36. The number of benzene rings is 1. The third kappa shape index (κ3) is 1.63. The molecule has 1 rings (SSSR count). The average Bonchev–Trinajstić information content (AvgIpc) is 1.85. The average molecular weight is 167 g/mol. The molecule has 0 N–H and O–H groups in total. The van der Waals surface area contributed by atoms with Crippen molar-refractivity contribution in [1.82, 2.24) is 0 Å². The lowest BCUT2D eigenvalue weighted by Crippen LogP contribution is -1.88. The van der Waals surface area contributed by atoms with Crippen LogP contribution in [0.25, 0.3) is 0 Å². The summed E-state index contributed by atoms with van der Waals surface area (Å²) < 4.78 is 10.6. The quantitative estimate of drug-likeness (QED) is 0.587. The SMILES string of the molecule is Cc1cc(C)c([S+]=O)c(C)c1. The van der Waals surface area contributed by atoms with Gasteiger partial charge >= 0.3 is 11.7 Å². The van der Waals surface area contributed by atoms with Gasteiger partial charge in [-0.2, -0.15) is 0 Å². The molecule has 0 saturated heterocycles. The van der Waals surface area contributed by atoms with Crippen molar-refractivity contribution in [2.45, 2.75) is 25.7 Å². The van der Waals surface area contributed by atoms with E-state index >= 15 is 0 Å². The molecule has 0 amide bonds. The van der Waals surface area contributed by atoms with Gasteiger partial charge in [0, 0.05) is 15.3 Å². The van der Waals surface area contributed by atoms with Crippen LogP contribution in [0.1, 0.15) is 16.7 Å². The van der Waals surface area contributed by atoms with Gasteiger partial charge in [0.1, 0.15) is 0 Å². The molecule has 1 aromatic rings. The molecule has 0 aliphatic rings. The Bertz CT molecular complexity index is 269. The Hall–Kier alpha value is -0.760. The number of aryl methyl sites for hydroxylation is 3. The first-order valence-corrected chi connectivity index (χ1v) is 4.27. The monoisotopic (exact) mass is 167 g/mol.